The summed E-state index contributed by atoms with van der Waals surface area (Å²) in [4.78, 5) is 14.2. The van der Waals surface area contributed by atoms with Gasteiger partial charge in [-0.2, -0.15) is 0 Å². The maximum absolute atomic E-state index is 12.4. The summed E-state index contributed by atoms with van der Waals surface area (Å²) in [6.45, 7) is 2.67. The second-order valence-corrected chi connectivity index (χ2v) is 6.18. The first-order valence-corrected chi connectivity index (χ1v) is 8.01. The SMILES string of the molecule is Cl.O=C(C(O)c1ccccc1)N1CCC(C2CCCN2)CC1. The van der Waals surface area contributed by atoms with Crippen molar-refractivity contribution in [1.29, 1.82) is 0 Å². The summed E-state index contributed by atoms with van der Waals surface area (Å²) < 4.78 is 0. The Morgan fingerprint density at radius 2 is 1.86 bits per heavy atom. The van der Waals surface area contributed by atoms with Crippen LogP contribution in [0.2, 0.25) is 0 Å². The van der Waals surface area contributed by atoms with Crippen molar-refractivity contribution in [1.82, 2.24) is 10.2 Å². The lowest BCUT2D eigenvalue weighted by Gasteiger charge is -2.35. The maximum Gasteiger partial charge on any atom is 0.256 e. The largest absolute Gasteiger partial charge is 0.378 e. The highest BCUT2D eigenvalue weighted by Crippen LogP contribution is 2.27. The van der Waals surface area contributed by atoms with Crippen molar-refractivity contribution < 1.29 is 9.90 Å². The molecule has 0 aromatic heterocycles. The molecule has 4 nitrogen and oxygen atoms in total. The third kappa shape index (κ3) is 3.80. The van der Waals surface area contributed by atoms with Crippen LogP contribution in [0.3, 0.4) is 0 Å². The summed E-state index contributed by atoms with van der Waals surface area (Å²) in [5.41, 5.74) is 0.682. The van der Waals surface area contributed by atoms with Crippen molar-refractivity contribution in [3.05, 3.63) is 35.9 Å². The van der Waals surface area contributed by atoms with E-state index in [1.165, 1.54) is 12.8 Å². The van der Waals surface area contributed by atoms with Crippen molar-refractivity contribution in [3.8, 4) is 0 Å². The number of nitrogens with one attached hydrogen (secondary N) is 1. The second-order valence-electron chi connectivity index (χ2n) is 6.18. The molecule has 2 N–H and O–H groups in total. The van der Waals surface area contributed by atoms with Gasteiger partial charge in [0.25, 0.3) is 5.91 Å². The predicted octanol–water partition coefficient (Wildman–Crippen LogP) is 2.13. The zero-order chi connectivity index (χ0) is 14.7. The average molecular weight is 325 g/mol. The van der Waals surface area contributed by atoms with Crippen LogP contribution in [0.15, 0.2) is 30.3 Å². The quantitative estimate of drug-likeness (QED) is 0.895. The van der Waals surface area contributed by atoms with Crippen molar-refractivity contribution in [2.75, 3.05) is 19.6 Å². The molecule has 0 saturated carbocycles. The smallest absolute Gasteiger partial charge is 0.256 e. The molecule has 0 radical (unpaired) electrons. The summed E-state index contributed by atoms with van der Waals surface area (Å²) in [6, 6.07) is 9.84. The van der Waals surface area contributed by atoms with Crippen LogP contribution >= 0.6 is 12.4 Å². The molecule has 1 amide bonds. The number of nitrogens with zero attached hydrogens (tertiary/aromatic N) is 1. The topological polar surface area (TPSA) is 52.6 Å². The Kier molecular flexibility index (Phi) is 6.24. The summed E-state index contributed by atoms with van der Waals surface area (Å²) in [5, 5.41) is 13.8. The molecule has 22 heavy (non-hydrogen) atoms. The van der Waals surface area contributed by atoms with Crippen LogP contribution in [0.1, 0.15) is 37.4 Å². The number of amides is 1. The average Bonchev–Trinajstić information content (AvgIpc) is 3.09. The number of halogens is 1. The molecule has 2 aliphatic rings. The number of carbonyl (C=O) groups excluding carboxylic acids is 1. The molecule has 2 saturated heterocycles. The minimum atomic E-state index is -1.02. The normalized spacial score (nSPS) is 23.9. The second kappa shape index (κ2) is 7.95. The highest BCUT2D eigenvalue weighted by molar-refractivity contribution is 5.85. The van der Waals surface area contributed by atoms with Gasteiger partial charge in [0.1, 0.15) is 0 Å². The fraction of sp³-hybridized carbons (Fsp3) is 0.588. The number of aliphatic hydroxyl groups is 1. The number of hydrogen-bond donors (Lipinski definition) is 2. The first kappa shape index (κ1) is 17.3. The van der Waals surface area contributed by atoms with Gasteiger partial charge in [-0.3, -0.25) is 4.79 Å². The molecule has 0 bridgehead atoms. The highest BCUT2D eigenvalue weighted by atomic mass is 35.5. The first-order valence-electron chi connectivity index (χ1n) is 8.01. The number of carbonyl (C=O) groups is 1. The fourth-order valence-corrected chi connectivity index (χ4v) is 3.59. The van der Waals surface area contributed by atoms with Crippen LogP contribution < -0.4 is 5.32 Å². The van der Waals surface area contributed by atoms with Gasteiger partial charge >= 0.3 is 0 Å². The third-order valence-corrected chi connectivity index (χ3v) is 4.87. The lowest BCUT2D eigenvalue weighted by molar-refractivity contribution is -0.142. The van der Waals surface area contributed by atoms with Crippen molar-refractivity contribution in [3.63, 3.8) is 0 Å². The van der Waals surface area contributed by atoms with Gasteiger partial charge in [0.2, 0.25) is 0 Å². The van der Waals surface area contributed by atoms with Gasteiger partial charge in [0.15, 0.2) is 6.10 Å². The van der Waals surface area contributed by atoms with Gasteiger partial charge < -0.3 is 15.3 Å². The lowest BCUT2D eigenvalue weighted by atomic mass is 9.88. The van der Waals surface area contributed by atoms with Gasteiger partial charge in [-0.1, -0.05) is 30.3 Å². The molecular weight excluding hydrogens is 300 g/mol. The van der Waals surface area contributed by atoms with Crippen LogP contribution in [0.5, 0.6) is 0 Å². The monoisotopic (exact) mass is 324 g/mol. The molecule has 0 aliphatic carbocycles. The molecular formula is C17H25ClN2O2. The van der Waals surface area contributed by atoms with Crippen molar-refractivity contribution in [2.24, 2.45) is 5.92 Å². The van der Waals surface area contributed by atoms with Crippen LogP contribution in [-0.4, -0.2) is 41.6 Å². The summed E-state index contributed by atoms with van der Waals surface area (Å²) in [5.74, 6) is 0.532. The van der Waals surface area contributed by atoms with Crippen molar-refractivity contribution in [2.45, 2.75) is 37.8 Å². The van der Waals surface area contributed by atoms with Gasteiger partial charge in [0, 0.05) is 19.1 Å². The van der Waals surface area contributed by atoms with E-state index in [0.29, 0.717) is 17.5 Å². The molecule has 2 heterocycles. The van der Waals surface area contributed by atoms with E-state index in [1.807, 2.05) is 23.1 Å². The molecule has 2 atom stereocenters. The molecule has 1 aromatic rings. The standard InChI is InChI=1S/C17H24N2O2.ClH/c20-16(14-5-2-1-3-6-14)17(21)19-11-8-13(9-12-19)15-7-4-10-18-15;/h1-3,5-6,13,15-16,18,20H,4,7-12H2;1H. The number of likely N-dealkylation sites (tertiary alicyclic amines) is 1. The molecule has 3 rings (SSSR count). The fourth-order valence-electron chi connectivity index (χ4n) is 3.59. The highest BCUT2D eigenvalue weighted by Gasteiger charge is 2.32. The Bertz CT molecular complexity index is 469. The van der Waals surface area contributed by atoms with E-state index >= 15 is 0 Å². The summed E-state index contributed by atoms with van der Waals surface area (Å²) >= 11 is 0. The summed E-state index contributed by atoms with van der Waals surface area (Å²) in [7, 11) is 0. The van der Waals surface area contributed by atoms with Crippen LogP contribution in [0.25, 0.3) is 0 Å². The van der Waals surface area contributed by atoms with Crippen LogP contribution in [0.4, 0.5) is 0 Å². The molecule has 122 valence electrons. The number of benzene rings is 1. The van der Waals surface area contributed by atoms with E-state index in [2.05, 4.69) is 5.32 Å². The zero-order valence-electron chi connectivity index (χ0n) is 12.8. The molecule has 2 unspecified atom stereocenters. The Morgan fingerprint density at radius 1 is 1.18 bits per heavy atom. The van der Waals surface area contributed by atoms with Crippen LogP contribution in [-0.2, 0) is 4.79 Å². The lowest BCUT2D eigenvalue weighted by Crippen LogP contribution is -2.44. The predicted molar refractivity (Wildman–Crippen MR) is 89.0 cm³/mol. The maximum atomic E-state index is 12.4. The van der Waals surface area contributed by atoms with E-state index in [4.69, 9.17) is 0 Å². The van der Waals surface area contributed by atoms with Gasteiger partial charge in [0.05, 0.1) is 0 Å². The molecule has 2 aliphatic heterocycles. The van der Waals surface area contributed by atoms with Gasteiger partial charge in [-0.15, -0.1) is 12.4 Å². The number of aliphatic hydroxyl groups excluding tert-OH is 1. The number of rotatable bonds is 3. The number of hydrogen-bond acceptors (Lipinski definition) is 3. The van der Waals surface area contributed by atoms with E-state index in [-0.39, 0.29) is 18.3 Å². The number of piperidine rings is 1. The Balaban J connectivity index is 0.00000176. The van der Waals surface area contributed by atoms with E-state index in [9.17, 15) is 9.90 Å². The minimum Gasteiger partial charge on any atom is -0.378 e. The van der Waals surface area contributed by atoms with E-state index in [0.717, 1.165) is 32.5 Å². The van der Waals surface area contributed by atoms with Gasteiger partial charge in [-0.25, -0.2) is 0 Å². The molecule has 2 fully saturated rings. The van der Waals surface area contributed by atoms with E-state index in [1.54, 1.807) is 12.1 Å². The molecule has 5 heteroatoms. The minimum absolute atomic E-state index is 0. The molecule has 1 aromatic carbocycles. The van der Waals surface area contributed by atoms with Crippen molar-refractivity contribution >= 4 is 18.3 Å². The third-order valence-electron chi connectivity index (χ3n) is 4.87. The Labute approximate surface area is 138 Å². The first-order chi connectivity index (χ1) is 10.3. The summed E-state index contributed by atoms with van der Waals surface area (Å²) in [6.07, 6.45) is 3.62. The van der Waals surface area contributed by atoms with E-state index < -0.39 is 6.10 Å². The Hall–Kier alpha value is -1.10. The van der Waals surface area contributed by atoms with Crippen LogP contribution in [0, 0.1) is 5.92 Å². The van der Waals surface area contributed by atoms with Gasteiger partial charge in [-0.05, 0) is 43.7 Å². The Morgan fingerprint density at radius 3 is 2.45 bits per heavy atom. The molecule has 0 spiro atoms. The zero-order valence-corrected chi connectivity index (χ0v) is 13.6.